The van der Waals surface area contributed by atoms with Gasteiger partial charge in [-0.25, -0.2) is 4.79 Å². The maximum atomic E-state index is 13.9. The minimum absolute atomic E-state index is 0.0569. The van der Waals surface area contributed by atoms with Crippen molar-refractivity contribution in [3.8, 4) is 28.7 Å². The zero-order valence-electron chi connectivity index (χ0n) is 31.4. The Morgan fingerprint density at radius 2 is 1.55 bits per heavy atom. The Hall–Kier alpha value is -4.13. The Balaban J connectivity index is 1.89. The highest BCUT2D eigenvalue weighted by Gasteiger charge is 2.36. The predicted molar refractivity (Wildman–Crippen MR) is 191 cm³/mol. The molecule has 0 amide bonds. The molecule has 0 spiro atoms. The van der Waals surface area contributed by atoms with Crippen LogP contribution in [0.2, 0.25) is 0 Å². The van der Waals surface area contributed by atoms with Gasteiger partial charge in [0.1, 0.15) is 48.7 Å². The lowest BCUT2D eigenvalue weighted by Gasteiger charge is -2.31. The van der Waals surface area contributed by atoms with Crippen molar-refractivity contribution in [1.82, 2.24) is 0 Å². The highest BCUT2D eigenvalue weighted by atomic mass is 16.5. The van der Waals surface area contributed by atoms with E-state index in [1.165, 1.54) is 14.2 Å². The van der Waals surface area contributed by atoms with E-state index in [0.717, 1.165) is 36.0 Å². The van der Waals surface area contributed by atoms with Gasteiger partial charge in [0.2, 0.25) is 0 Å². The van der Waals surface area contributed by atoms with E-state index in [2.05, 4.69) is 13.0 Å². The molecule has 1 atom stereocenters. The highest BCUT2D eigenvalue weighted by Crippen LogP contribution is 2.48. The number of hydrogen-bond acceptors (Lipinski definition) is 11. The number of Topliss-reactive ketones (excluding diaryl/α,β-unsaturated/α-hetero) is 2. The summed E-state index contributed by atoms with van der Waals surface area (Å²) in [6.45, 7) is 8.48. The molecule has 2 aromatic rings. The van der Waals surface area contributed by atoms with Gasteiger partial charge in [0.15, 0.2) is 23.1 Å². The second-order valence-electron chi connectivity index (χ2n) is 13.9. The topological polar surface area (TPSA) is 156 Å². The zero-order valence-corrected chi connectivity index (χ0v) is 31.4. The second kappa shape index (κ2) is 18.4. The number of carboxylic acids is 1. The molecule has 51 heavy (non-hydrogen) atoms. The molecule has 0 aliphatic carbocycles. The quantitative estimate of drug-likeness (QED) is 0.140. The number of aliphatic hydroxyl groups is 1. The first-order chi connectivity index (χ1) is 24.1. The summed E-state index contributed by atoms with van der Waals surface area (Å²) in [5, 5.41) is 18.0. The van der Waals surface area contributed by atoms with Crippen LogP contribution in [0.15, 0.2) is 29.8 Å². The normalized spacial score (nSPS) is 14.8. The number of fused-ring (bicyclic) bond motifs is 1. The van der Waals surface area contributed by atoms with Gasteiger partial charge in [-0.2, -0.15) is 0 Å². The molecule has 3 rings (SSSR count). The van der Waals surface area contributed by atoms with Crippen LogP contribution in [0, 0.1) is 0 Å². The Kier molecular flexibility index (Phi) is 14.9. The molecule has 1 aliphatic heterocycles. The molecule has 0 fully saturated rings. The molecule has 0 radical (unpaired) electrons. The molecule has 12 nitrogen and oxygen atoms in total. The first-order valence-corrected chi connectivity index (χ1v) is 17.1. The maximum absolute atomic E-state index is 13.9. The number of carboxylic acid groups (broad SMARTS) is 1. The summed E-state index contributed by atoms with van der Waals surface area (Å²) in [5.74, 6) is 0.749. The Morgan fingerprint density at radius 1 is 0.902 bits per heavy atom. The van der Waals surface area contributed by atoms with E-state index in [0.29, 0.717) is 59.1 Å². The fourth-order valence-electron chi connectivity index (χ4n) is 6.13. The molecular weight excluding hydrogens is 660 g/mol. The summed E-state index contributed by atoms with van der Waals surface area (Å²) >= 11 is 0. The average Bonchev–Trinajstić information content (AvgIpc) is 3.09. The summed E-state index contributed by atoms with van der Waals surface area (Å²) in [4.78, 5) is 36.5. The summed E-state index contributed by atoms with van der Waals surface area (Å²) in [6, 6.07) is 5.41. The minimum Gasteiger partial charge on any atom is -0.496 e. The number of hydrogen-bond donors (Lipinski definition) is 2. The number of ether oxygens (including phenoxy) is 7. The summed E-state index contributed by atoms with van der Waals surface area (Å²) in [5.41, 5.74) is 2.52. The molecule has 1 heterocycles. The van der Waals surface area contributed by atoms with Crippen molar-refractivity contribution in [2.75, 3.05) is 48.3 Å². The van der Waals surface area contributed by atoms with E-state index in [4.69, 9.17) is 43.4 Å². The lowest BCUT2D eigenvalue weighted by atomic mass is 9.88. The van der Waals surface area contributed by atoms with Crippen molar-refractivity contribution in [1.29, 1.82) is 0 Å². The number of benzene rings is 2. The third-order valence-corrected chi connectivity index (χ3v) is 9.05. The van der Waals surface area contributed by atoms with Crippen LogP contribution in [-0.4, -0.2) is 87.2 Å². The maximum Gasteiger partial charge on any atom is 0.329 e. The van der Waals surface area contributed by atoms with E-state index in [1.54, 1.807) is 26.4 Å². The summed E-state index contributed by atoms with van der Waals surface area (Å²) in [7, 11) is 6.19. The van der Waals surface area contributed by atoms with E-state index < -0.39 is 36.5 Å². The lowest BCUT2D eigenvalue weighted by Crippen LogP contribution is -2.28. The van der Waals surface area contributed by atoms with Gasteiger partial charge in [-0.1, -0.05) is 17.7 Å². The van der Waals surface area contributed by atoms with Crippen LogP contribution >= 0.6 is 0 Å². The standard InChI is InChI=1S/C39H54O12/c1-24(11-10-17-38(2,3)49-22-25(41)21-40)12-13-27-26(14-15-30(45-6)36(27)47-8)32-19-29(42)35-33(51-32)20-31(46-7)28(37(35)48-9)16-18-39(4,5)50-23-34(43)44/h12,14-15,20,32,40H,10-11,13,16-19,21-23H2,1-9H3,(H,43,44). The van der Waals surface area contributed by atoms with Crippen LogP contribution in [0.4, 0.5) is 0 Å². The van der Waals surface area contributed by atoms with Gasteiger partial charge in [-0.3, -0.25) is 9.59 Å². The van der Waals surface area contributed by atoms with Crippen molar-refractivity contribution >= 4 is 17.5 Å². The molecule has 2 N–H and O–H groups in total. The Labute approximate surface area is 301 Å². The molecule has 1 aliphatic rings. The highest BCUT2D eigenvalue weighted by molar-refractivity contribution is 6.03. The van der Waals surface area contributed by atoms with Crippen molar-refractivity contribution in [3.63, 3.8) is 0 Å². The van der Waals surface area contributed by atoms with Gasteiger partial charge in [0, 0.05) is 22.8 Å². The van der Waals surface area contributed by atoms with E-state index >= 15 is 0 Å². The summed E-state index contributed by atoms with van der Waals surface area (Å²) in [6.07, 6.45) is 5.27. The molecular formula is C39H54O12. The number of carbonyl (C=O) groups is 3. The SMILES string of the molecule is COc1cc2c(c(OC)c1CCC(C)(C)OCC(=O)O)C(=O)CC(c1ccc(OC)c(OC)c1CC=C(C)CCCC(C)(C)OCC(=O)CO)O2. The molecule has 1 unspecified atom stereocenters. The van der Waals surface area contributed by atoms with Crippen LogP contribution < -0.4 is 23.7 Å². The molecule has 0 saturated heterocycles. The lowest BCUT2D eigenvalue weighted by molar-refractivity contribution is -0.148. The second-order valence-corrected chi connectivity index (χ2v) is 13.9. The van der Waals surface area contributed by atoms with Crippen molar-refractivity contribution in [3.05, 3.63) is 52.1 Å². The largest absolute Gasteiger partial charge is 0.496 e. The monoisotopic (exact) mass is 714 g/mol. The fraction of sp³-hybridized carbons (Fsp3) is 0.564. The van der Waals surface area contributed by atoms with Crippen LogP contribution in [0.3, 0.4) is 0 Å². The van der Waals surface area contributed by atoms with Crippen LogP contribution in [0.1, 0.15) is 99.9 Å². The van der Waals surface area contributed by atoms with Gasteiger partial charge in [-0.05, 0) is 79.2 Å². The summed E-state index contributed by atoms with van der Waals surface area (Å²) < 4.78 is 40.9. The number of allylic oxidation sites excluding steroid dienone is 2. The molecule has 12 heteroatoms. The van der Waals surface area contributed by atoms with Crippen LogP contribution in [0.5, 0.6) is 28.7 Å². The first kappa shape index (κ1) is 41.3. The van der Waals surface area contributed by atoms with E-state index in [-0.39, 0.29) is 24.6 Å². The fourth-order valence-corrected chi connectivity index (χ4v) is 6.13. The zero-order chi connectivity index (χ0) is 37.9. The van der Waals surface area contributed by atoms with Crippen molar-refractivity contribution in [2.24, 2.45) is 0 Å². The molecule has 282 valence electrons. The van der Waals surface area contributed by atoms with E-state index in [1.807, 2.05) is 33.8 Å². The Bertz CT molecular complexity index is 1570. The van der Waals surface area contributed by atoms with Crippen LogP contribution in [-0.2, 0) is 31.9 Å². The third kappa shape index (κ3) is 11.2. The molecule has 0 aromatic heterocycles. The van der Waals surface area contributed by atoms with Gasteiger partial charge >= 0.3 is 5.97 Å². The average molecular weight is 715 g/mol. The van der Waals surface area contributed by atoms with Crippen LogP contribution in [0.25, 0.3) is 0 Å². The number of carbonyl (C=O) groups excluding carboxylic acids is 2. The van der Waals surface area contributed by atoms with Gasteiger partial charge in [0.05, 0.1) is 46.1 Å². The number of methoxy groups -OCH3 is 4. The molecule has 0 saturated carbocycles. The number of aliphatic carboxylic acids is 1. The van der Waals surface area contributed by atoms with Gasteiger partial charge in [0.25, 0.3) is 0 Å². The number of rotatable bonds is 21. The minimum atomic E-state index is -1.05. The van der Waals surface area contributed by atoms with Crippen molar-refractivity contribution in [2.45, 2.75) is 96.9 Å². The van der Waals surface area contributed by atoms with E-state index in [9.17, 15) is 14.4 Å². The smallest absolute Gasteiger partial charge is 0.329 e. The van der Waals surface area contributed by atoms with Gasteiger partial charge in [-0.15, -0.1) is 0 Å². The van der Waals surface area contributed by atoms with Crippen molar-refractivity contribution < 1.29 is 57.8 Å². The number of aliphatic hydroxyl groups excluding tert-OH is 1. The predicted octanol–water partition coefficient (Wildman–Crippen LogP) is 6.26. The first-order valence-electron chi connectivity index (χ1n) is 17.1. The van der Waals surface area contributed by atoms with Gasteiger partial charge < -0.3 is 43.4 Å². The third-order valence-electron chi connectivity index (χ3n) is 9.05. The number of ketones is 2. The Morgan fingerprint density at radius 3 is 2.16 bits per heavy atom. The molecule has 2 aromatic carbocycles. The molecule has 0 bridgehead atoms.